The molecule has 4 nitrogen and oxygen atoms in total. The van der Waals surface area contributed by atoms with Crippen molar-refractivity contribution in [1.82, 2.24) is 4.90 Å². The third-order valence-corrected chi connectivity index (χ3v) is 4.26. The minimum atomic E-state index is -1.17. The van der Waals surface area contributed by atoms with E-state index in [4.69, 9.17) is 0 Å². The molecule has 1 aliphatic heterocycles. The Bertz CT molecular complexity index is 500. The van der Waals surface area contributed by atoms with E-state index in [0.29, 0.717) is 5.56 Å². The zero-order valence-corrected chi connectivity index (χ0v) is 12.0. The van der Waals surface area contributed by atoms with E-state index in [0.717, 1.165) is 19.4 Å². The summed E-state index contributed by atoms with van der Waals surface area (Å²) in [6.07, 6.45) is 2.01. The van der Waals surface area contributed by atoms with E-state index < -0.39 is 11.4 Å². The Kier molecular flexibility index (Phi) is 4.12. The van der Waals surface area contributed by atoms with E-state index >= 15 is 0 Å². The Labute approximate surface area is 119 Å². The number of benzene rings is 1. The van der Waals surface area contributed by atoms with Gasteiger partial charge in [-0.2, -0.15) is 0 Å². The lowest BCUT2D eigenvalue weighted by molar-refractivity contribution is -0.147. The van der Waals surface area contributed by atoms with Gasteiger partial charge in [0.25, 0.3) is 0 Å². The second-order valence-electron chi connectivity index (χ2n) is 5.76. The van der Waals surface area contributed by atoms with E-state index in [1.165, 1.54) is 0 Å². The van der Waals surface area contributed by atoms with Crippen LogP contribution in [0.15, 0.2) is 30.3 Å². The Morgan fingerprint density at radius 1 is 1.35 bits per heavy atom. The van der Waals surface area contributed by atoms with Crippen LogP contribution in [0.1, 0.15) is 38.7 Å². The summed E-state index contributed by atoms with van der Waals surface area (Å²) in [5.74, 6) is -1.02. The summed E-state index contributed by atoms with van der Waals surface area (Å²) < 4.78 is 0. The van der Waals surface area contributed by atoms with E-state index in [1.807, 2.05) is 17.9 Å². The summed E-state index contributed by atoms with van der Waals surface area (Å²) in [4.78, 5) is 25.9. The number of carbonyl (C=O) groups excluding carboxylic acids is 1. The zero-order chi connectivity index (χ0) is 14.8. The Hall–Kier alpha value is -1.84. The lowest BCUT2D eigenvalue weighted by Crippen LogP contribution is -2.42. The van der Waals surface area contributed by atoms with Crippen molar-refractivity contribution in [2.24, 2.45) is 0 Å². The Morgan fingerprint density at radius 2 is 2.00 bits per heavy atom. The first-order valence-electron chi connectivity index (χ1n) is 7.03. The van der Waals surface area contributed by atoms with Gasteiger partial charge in [-0.1, -0.05) is 30.3 Å². The van der Waals surface area contributed by atoms with Gasteiger partial charge in [0.1, 0.15) is 0 Å². The highest BCUT2D eigenvalue weighted by atomic mass is 16.4. The van der Waals surface area contributed by atoms with Crippen LogP contribution < -0.4 is 0 Å². The highest BCUT2D eigenvalue weighted by Crippen LogP contribution is 2.30. The molecule has 1 N–H and O–H groups in total. The highest BCUT2D eigenvalue weighted by Gasteiger charge is 2.39. The van der Waals surface area contributed by atoms with E-state index in [-0.39, 0.29) is 18.4 Å². The van der Waals surface area contributed by atoms with Crippen LogP contribution in [0.25, 0.3) is 0 Å². The van der Waals surface area contributed by atoms with Gasteiger partial charge in [-0.25, -0.2) is 0 Å². The molecule has 1 aromatic carbocycles. The largest absolute Gasteiger partial charge is 0.481 e. The first-order chi connectivity index (χ1) is 9.45. The van der Waals surface area contributed by atoms with Gasteiger partial charge in [0.15, 0.2) is 0 Å². The minimum Gasteiger partial charge on any atom is -0.481 e. The SMILES string of the molecule is CC1CCCN1C(=O)CC(C)(C(=O)O)c1ccccc1. The van der Waals surface area contributed by atoms with E-state index in [9.17, 15) is 14.7 Å². The summed E-state index contributed by atoms with van der Waals surface area (Å²) in [7, 11) is 0. The molecule has 0 spiro atoms. The molecule has 1 aliphatic rings. The fraction of sp³-hybridized carbons (Fsp3) is 0.500. The molecule has 0 saturated carbocycles. The second kappa shape index (κ2) is 5.65. The summed E-state index contributed by atoms with van der Waals surface area (Å²) in [6, 6.07) is 9.22. The highest BCUT2D eigenvalue weighted by molar-refractivity contribution is 5.89. The van der Waals surface area contributed by atoms with Gasteiger partial charge < -0.3 is 10.0 Å². The monoisotopic (exact) mass is 275 g/mol. The third-order valence-electron chi connectivity index (χ3n) is 4.26. The molecule has 2 atom stereocenters. The standard InChI is InChI=1S/C16H21NO3/c1-12-7-6-10-17(12)14(18)11-16(2,15(19)20)13-8-4-3-5-9-13/h3-5,8-9,12H,6-7,10-11H2,1-2H3,(H,19,20). The first-order valence-corrected chi connectivity index (χ1v) is 7.03. The molecule has 1 aromatic rings. The quantitative estimate of drug-likeness (QED) is 0.918. The number of aliphatic carboxylic acids is 1. The van der Waals surface area contributed by atoms with Crippen LogP contribution in [0.5, 0.6) is 0 Å². The van der Waals surface area contributed by atoms with Gasteiger partial charge in [-0.05, 0) is 32.3 Å². The van der Waals surface area contributed by atoms with Gasteiger partial charge in [0, 0.05) is 19.0 Å². The predicted octanol–water partition coefficient (Wildman–Crippen LogP) is 2.43. The Morgan fingerprint density at radius 3 is 2.50 bits per heavy atom. The summed E-state index contributed by atoms with van der Waals surface area (Å²) in [5, 5.41) is 9.57. The molecule has 4 heteroatoms. The molecular formula is C16H21NO3. The summed E-state index contributed by atoms with van der Waals surface area (Å²) >= 11 is 0. The van der Waals surface area contributed by atoms with Gasteiger partial charge in [-0.15, -0.1) is 0 Å². The average molecular weight is 275 g/mol. The molecule has 0 aromatic heterocycles. The maximum Gasteiger partial charge on any atom is 0.314 e. The molecule has 2 rings (SSSR count). The van der Waals surface area contributed by atoms with Gasteiger partial charge in [-0.3, -0.25) is 9.59 Å². The lowest BCUT2D eigenvalue weighted by Gasteiger charge is -2.29. The summed E-state index contributed by atoms with van der Waals surface area (Å²) in [6.45, 7) is 4.39. The van der Waals surface area contributed by atoms with Gasteiger partial charge in [0.2, 0.25) is 5.91 Å². The topological polar surface area (TPSA) is 57.6 Å². The normalized spacial score (nSPS) is 21.5. The number of rotatable bonds is 4. The minimum absolute atomic E-state index is 0.0106. The average Bonchev–Trinajstić information content (AvgIpc) is 2.85. The van der Waals surface area contributed by atoms with Crippen LogP contribution in [-0.4, -0.2) is 34.5 Å². The number of hydrogen-bond acceptors (Lipinski definition) is 2. The van der Waals surface area contributed by atoms with E-state index in [1.54, 1.807) is 31.2 Å². The molecule has 1 saturated heterocycles. The van der Waals surface area contributed by atoms with Crippen molar-refractivity contribution in [3.63, 3.8) is 0 Å². The van der Waals surface area contributed by atoms with Crippen LogP contribution in [0.2, 0.25) is 0 Å². The summed E-state index contributed by atoms with van der Waals surface area (Å²) in [5.41, 5.74) is -0.492. The zero-order valence-electron chi connectivity index (χ0n) is 12.0. The van der Waals surface area contributed by atoms with E-state index in [2.05, 4.69) is 0 Å². The molecule has 0 radical (unpaired) electrons. The Balaban J connectivity index is 2.22. The van der Waals surface area contributed by atoms with Crippen LogP contribution in [-0.2, 0) is 15.0 Å². The number of carboxylic acid groups (broad SMARTS) is 1. The van der Waals surface area contributed by atoms with Crippen molar-refractivity contribution in [1.29, 1.82) is 0 Å². The van der Waals surface area contributed by atoms with Crippen molar-refractivity contribution < 1.29 is 14.7 Å². The van der Waals surface area contributed by atoms with Gasteiger partial charge >= 0.3 is 5.97 Å². The number of nitrogens with zero attached hydrogens (tertiary/aromatic N) is 1. The second-order valence-corrected chi connectivity index (χ2v) is 5.76. The molecule has 1 fully saturated rings. The number of carbonyl (C=O) groups is 2. The van der Waals surface area contributed by atoms with Crippen molar-refractivity contribution in [2.45, 2.75) is 44.6 Å². The molecule has 1 amide bonds. The van der Waals surface area contributed by atoms with Crippen LogP contribution in [0.3, 0.4) is 0 Å². The molecule has 0 bridgehead atoms. The van der Waals surface area contributed by atoms with Crippen molar-refractivity contribution in [2.75, 3.05) is 6.54 Å². The fourth-order valence-corrected chi connectivity index (χ4v) is 2.81. The molecule has 108 valence electrons. The molecule has 0 aliphatic carbocycles. The lowest BCUT2D eigenvalue weighted by atomic mass is 9.79. The number of carboxylic acids is 1. The van der Waals surface area contributed by atoms with Gasteiger partial charge in [0.05, 0.1) is 5.41 Å². The number of likely N-dealkylation sites (tertiary alicyclic amines) is 1. The van der Waals surface area contributed by atoms with Crippen molar-refractivity contribution in [3.05, 3.63) is 35.9 Å². The number of amides is 1. The van der Waals surface area contributed by atoms with Crippen molar-refractivity contribution >= 4 is 11.9 Å². The first kappa shape index (κ1) is 14.6. The number of hydrogen-bond donors (Lipinski definition) is 1. The smallest absolute Gasteiger partial charge is 0.314 e. The van der Waals surface area contributed by atoms with Crippen LogP contribution in [0, 0.1) is 0 Å². The molecule has 1 heterocycles. The molecule has 2 unspecified atom stereocenters. The van der Waals surface area contributed by atoms with Crippen LogP contribution in [0.4, 0.5) is 0 Å². The van der Waals surface area contributed by atoms with Crippen molar-refractivity contribution in [3.8, 4) is 0 Å². The molecular weight excluding hydrogens is 254 g/mol. The molecule has 20 heavy (non-hydrogen) atoms. The predicted molar refractivity (Wildman–Crippen MR) is 76.5 cm³/mol. The maximum atomic E-state index is 12.4. The maximum absolute atomic E-state index is 12.4. The van der Waals surface area contributed by atoms with Crippen LogP contribution >= 0.6 is 0 Å². The third kappa shape index (κ3) is 2.69. The fourth-order valence-electron chi connectivity index (χ4n) is 2.81.